The summed E-state index contributed by atoms with van der Waals surface area (Å²) in [5, 5.41) is 12.9. The Hall–Kier alpha value is -3.00. The van der Waals surface area contributed by atoms with Crippen molar-refractivity contribution in [2.24, 2.45) is 0 Å². The van der Waals surface area contributed by atoms with E-state index in [9.17, 15) is 5.11 Å². The third-order valence-corrected chi connectivity index (χ3v) is 5.86. The number of aromatic nitrogens is 2. The van der Waals surface area contributed by atoms with Gasteiger partial charge in [-0.25, -0.2) is 9.97 Å². The molecule has 0 saturated carbocycles. The number of rotatable bonds is 9. The van der Waals surface area contributed by atoms with Crippen LogP contribution in [-0.2, 0) is 4.74 Å². The Morgan fingerprint density at radius 1 is 1.06 bits per heavy atom. The fourth-order valence-corrected chi connectivity index (χ4v) is 3.97. The minimum absolute atomic E-state index is 0.215. The summed E-state index contributed by atoms with van der Waals surface area (Å²) in [6.07, 6.45) is 1.39. The maximum Gasteiger partial charge on any atom is 0.162 e. The van der Waals surface area contributed by atoms with Crippen molar-refractivity contribution in [3.05, 3.63) is 60.7 Å². The van der Waals surface area contributed by atoms with Gasteiger partial charge in [0.2, 0.25) is 0 Å². The first kappa shape index (κ1) is 23.2. The van der Waals surface area contributed by atoms with Gasteiger partial charge >= 0.3 is 0 Å². The summed E-state index contributed by atoms with van der Waals surface area (Å²) in [6, 6.07) is 20.3. The van der Waals surface area contributed by atoms with Crippen LogP contribution in [-0.4, -0.2) is 67.7 Å². The second-order valence-corrected chi connectivity index (χ2v) is 8.31. The summed E-state index contributed by atoms with van der Waals surface area (Å²) in [5.74, 6) is 2.21. The van der Waals surface area contributed by atoms with Crippen LogP contribution in [0.3, 0.4) is 0 Å². The third-order valence-electron chi connectivity index (χ3n) is 5.86. The molecule has 3 aromatic rings. The molecule has 2 aromatic carbocycles. The predicted octanol–water partition coefficient (Wildman–Crippen LogP) is 3.38. The van der Waals surface area contributed by atoms with Crippen LogP contribution in [0, 0.1) is 0 Å². The van der Waals surface area contributed by atoms with Crippen LogP contribution >= 0.6 is 0 Å². The molecular weight excluding hydrogens is 416 g/mol. The standard InChI is InChI=1S/C26H32N4O3/c1-27-17-22(31)18-33-23-10-6-9-20(15-23)26-28-24(19-7-4-3-5-8-19)16-25(29-26)30(2)21-11-13-32-14-12-21/h3-10,15-16,21-22,27,31H,11-14,17-18H2,1-2H3. The molecule has 1 saturated heterocycles. The van der Waals surface area contributed by atoms with Gasteiger partial charge in [-0.05, 0) is 32.0 Å². The molecule has 1 aliphatic rings. The van der Waals surface area contributed by atoms with Gasteiger partial charge in [0.05, 0.1) is 5.69 Å². The lowest BCUT2D eigenvalue weighted by Crippen LogP contribution is -2.37. The highest BCUT2D eigenvalue weighted by atomic mass is 16.5. The first-order chi connectivity index (χ1) is 16.1. The van der Waals surface area contributed by atoms with E-state index in [0.29, 0.717) is 24.2 Å². The second kappa shape index (κ2) is 11.2. The average Bonchev–Trinajstić information content (AvgIpc) is 2.88. The molecule has 1 atom stereocenters. The molecule has 33 heavy (non-hydrogen) atoms. The van der Waals surface area contributed by atoms with Crippen LogP contribution < -0.4 is 15.0 Å². The molecule has 1 aliphatic heterocycles. The molecule has 7 heteroatoms. The van der Waals surface area contributed by atoms with Gasteiger partial charge in [-0.3, -0.25) is 0 Å². The lowest BCUT2D eigenvalue weighted by atomic mass is 10.1. The molecule has 7 nitrogen and oxygen atoms in total. The highest BCUT2D eigenvalue weighted by Gasteiger charge is 2.21. The van der Waals surface area contributed by atoms with Crippen LogP contribution in [0.2, 0.25) is 0 Å². The van der Waals surface area contributed by atoms with Crippen molar-refractivity contribution in [3.8, 4) is 28.4 Å². The van der Waals surface area contributed by atoms with E-state index in [4.69, 9.17) is 19.4 Å². The molecule has 4 rings (SSSR count). The number of ether oxygens (including phenoxy) is 2. The van der Waals surface area contributed by atoms with E-state index in [1.54, 1.807) is 7.05 Å². The van der Waals surface area contributed by atoms with Gasteiger partial charge in [-0.2, -0.15) is 0 Å². The summed E-state index contributed by atoms with van der Waals surface area (Å²) >= 11 is 0. The van der Waals surface area contributed by atoms with Crippen molar-refractivity contribution in [2.75, 3.05) is 45.4 Å². The summed E-state index contributed by atoms with van der Waals surface area (Å²) < 4.78 is 11.3. The molecule has 0 bridgehead atoms. The van der Waals surface area contributed by atoms with Gasteiger partial charge in [0.15, 0.2) is 5.82 Å². The first-order valence-electron chi connectivity index (χ1n) is 11.4. The third kappa shape index (κ3) is 6.07. The van der Waals surface area contributed by atoms with E-state index in [-0.39, 0.29) is 6.61 Å². The predicted molar refractivity (Wildman–Crippen MR) is 131 cm³/mol. The van der Waals surface area contributed by atoms with Gasteiger partial charge in [0, 0.05) is 50.0 Å². The molecule has 2 N–H and O–H groups in total. The minimum Gasteiger partial charge on any atom is -0.491 e. The molecule has 0 spiro atoms. The van der Waals surface area contributed by atoms with E-state index in [0.717, 1.165) is 48.7 Å². The number of hydrogen-bond donors (Lipinski definition) is 2. The fraction of sp³-hybridized carbons (Fsp3) is 0.385. The highest BCUT2D eigenvalue weighted by Crippen LogP contribution is 2.29. The van der Waals surface area contributed by atoms with E-state index in [2.05, 4.69) is 35.5 Å². The van der Waals surface area contributed by atoms with Gasteiger partial charge in [0.25, 0.3) is 0 Å². The van der Waals surface area contributed by atoms with Gasteiger partial charge in [0.1, 0.15) is 24.3 Å². The number of anilines is 1. The number of benzene rings is 2. The molecule has 0 radical (unpaired) electrons. The van der Waals surface area contributed by atoms with Crippen molar-refractivity contribution in [1.82, 2.24) is 15.3 Å². The second-order valence-electron chi connectivity index (χ2n) is 8.31. The summed E-state index contributed by atoms with van der Waals surface area (Å²) in [5.41, 5.74) is 2.80. The zero-order chi connectivity index (χ0) is 23.0. The first-order valence-corrected chi connectivity index (χ1v) is 11.4. The van der Waals surface area contributed by atoms with E-state index in [1.165, 1.54) is 0 Å². The molecule has 0 aliphatic carbocycles. The van der Waals surface area contributed by atoms with Crippen LogP contribution in [0.25, 0.3) is 22.6 Å². The number of hydrogen-bond acceptors (Lipinski definition) is 7. The summed E-state index contributed by atoms with van der Waals surface area (Å²) in [6.45, 7) is 2.24. The Morgan fingerprint density at radius 2 is 1.82 bits per heavy atom. The molecule has 0 amide bonds. The van der Waals surface area contributed by atoms with E-state index in [1.807, 2.05) is 42.5 Å². The molecule has 2 heterocycles. The lowest BCUT2D eigenvalue weighted by Gasteiger charge is -2.32. The summed E-state index contributed by atoms with van der Waals surface area (Å²) in [7, 11) is 3.90. The molecule has 174 valence electrons. The molecule has 1 aromatic heterocycles. The van der Waals surface area contributed by atoms with Crippen molar-refractivity contribution >= 4 is 5.82 Å². The van der Waals surface area contributed by atoms with E-state index < -0.39 is 6.10 Å². The van der Waals surface area contributed by atoms with Crippen LogP contribution in [0.4, 0.5) is 5.82 Å². The molecular formula is C26H32N4O3. The topological polar surface area (TPSA) is 79.7 Å². The maximum absolute atomic E-state index is 9.95. The zero-order valence-corrected chi connectivity index (χ0v) is 19.3. The Balaban J connectivity index is 1.66. The van der Waals surface area contributed by atoms with E-state index >= 15 is 0 Å². The fourth-order valence-electron chi connectivity index (χ4n) is 3.97. The number of aliphatic hydroxyl groups is 1. The molecule has 1 fully saturated rings. The van der Waals surface area contributed by atoms with Crippen molar-refractivity contribution in [1.29, 1.82) is 0 Å². The normalized spacial score (nSPS) is 15.2. The number of nitrogens with zero attached hydrogens (tertiary/aromatic N) is 3. The lowest BCUT2D eigenvalue weighted by molar-refractivity contribution is 0.0853. The number of likely N-dealkylation sites (N-methyl/N-ethyl adjacent to an activating group) is 1. The average molecular weight is 449 g/mol. The van der Waals surface area contributed by atoms with Crippen molar-refractivity contribution in [2.45, 2.75) is 25.0 Å². The Bertz CT molecular complexity index is 1030. The largest absolute Gasteiger partial charge is 0.491 e. The van der Waals surface area contributed by atoms with Gasteiger partial charge in [-0.1, -0.05) is 42.5 Å². The van der Waals surface area contributed by atoms with Crippen molar-refractivity contribution < 1.29 is 14.6 Å². The SMILES string of the molecule is CNCC(O)COc1cccc(-c2nc(-c3ccccc3)cc(N(C)C3CCOCC3)n2)c1. The van der Waals surface area contributed by atoms with Crippen molar-refractivity contribution in [3.63, 3.8) is 0 Å². The Kier molecular flexibility index (Phi) is 7.88. The maximum atomic E-state index is 9.95. The Morgan fingerprint density at radius 3 is 2.58 bits per heavy atom. The Labute approximate surface area is 195 Å². The minimum atomic E-state index is -0.573. The van der Waals surface area contributed by atoms with Crippen LogP contribution in [0.15, 0.2) is 60.7 Å². The van der Waals surface area contributed by atoms with Crippen LogP contribution in [0.5, 0.6) is 5.75 Å². The van der Waals surface area contributed by atoms with Gasteiger partial charge < -0.3 is 24.8 Å². The van der Waals surface area contributed by atoms with Gasteiger partial charge in [-0.15, -0.1) is 0 Å². The highest BCUT2D eigenvalue weighted by molar-refractivity contribution is 5.68. The smallest absolute Gasteiger partial charge is 0.162 e. The number of nitrogens with one attached hydrogen (secondary N) is 1. The summed E-state index contributed by atoms with van der Waals surface area (Å²) in [4.78, 5) is 12.1. The quantitative estimate of drug-likeness (QED) is 0.519. The monoisotopic (exact) mass is 448 g/mol. The molecule has 1 unspecified atom stereocenters. The zero-order valence-electron chi connectivity index (χ0n) is 19.3. The number of aliphatic hydroxyl groups excluding tert-OH is 1. The van der Waals surface area contributed by atoms with Crippen LogP contribution in [0.1, 0.15) is 12.8 Å².